The monoisotopic (exact) mass is 322 g/mol. The van der Waals surface area contributed by atoms with E-state index in [1.165, 1.54) is 0 Å². The Balaban J connectivity index is 2.23. The summed E-state index contributed by atoms with van der Waals surface area (Å²) in [6.07, 6.45) is 3.70. The van der Waals surface area contributed by atoms with Gasteiger partial charge in [0.15, 0.2) is 11.6 Å². The zero-order chi connectivity index (χ0) is 17.9. The van der Waals surface area contributed by atoms with Crippen LogP contribution in [-0.4, -0.2) is 11.6 Å². The van der Waals surface area contributed by atoms with Crippen molar-refractivity contribution in [2.24, 2.45) is 22.2 Å². The first-order chi connectivity index (χ1) is 11.0. The third-order valence-electron chi connectivity index (χ3n) is 5.52. The van der Waals surface area contributed by atoms with Crippen molar-refractivity contribution >= 4 is 17.1 Å². The molecular formula is C22H26O2. The minimum Gasteiger partial charge on any atom is -0.294 e. The van der Waals surface area contributed by atoms with Crippen LogP contribution in [-0.2, 0) is 9.59 Å². The molecule has 1 aromatic rings. The number of Topliss-reactive ketones (excluding diaryl/α,β-unsaturated/α-hetero) is 1. The average molecular weight is 322 g/mol. The first-order valence-corrected chi connectivity index (χ1v) is 8.59. The molecule has 126 valence electrons. The minimum absolute atomic E-state index is 0.0615. The Labute approximate surface area is 144 Å². The van der Waals surface area contributed by atoms with Crippen LogP contribution in [0.5, 0.6) is 0 Å². The molecule has 0 aliphatic heterocycles. The van der Waals surface area contributed by atoms with Crippen LogP contribution in [0.1, 0.15) is 47.1 Å². The lowest BCUT2D eigenvalue weighted by atomic mass is 9.60. The van der Waals surface area contributed by atoms with Crippen molar-refractivity contribution in [3.05, 3.63) is 53.6 Å². The van der Waals surface area contributed by atoms with Crippen LogP contribution in [0.2, 0.25) is 0 Å². The molecule has 3 rings (SSSR count). The summed E-state index contributed by atoms with van der Waals surface area (Å²) in [6.45, 7) is 12.3. The maximum Gasteiger partial charge on any atom is 0.167 e. The Morgan fingerprint density at radius 1 is 0.917 bits per heavy atom. The van der Waals surface area contributed by atoms with Gasteiger partial charge in [0.05, 0.1) is 11.3 Å². The van der Waals surface area contributed by atoms with E-state index in [2.05, 4.69) is 20.8 Å². The fourth-order valence-corrected chi connectivity index (χ4v) is 4.17. The highest BCUT2D eigenvalue weighted by molar-refractivity contribution is 6.22. The van der Waals surface area contributed by atoms with Crippen molar-refractivity contribution in [3.63, 3.8) is 0 Å². The second kappa shape index (κ2) is 5.02. The predicted molar refractivity (Wildman–Crippen MR) is 97.3 cm³/mol. The number of carbonyl (C=O) groups excluding carboxylic acids is 2. The van der Waals surface area contributed by atoms with E-state index in [0.29, 0.717) is 0 Å². The van der Waals surface area contributed by atoms with E-state index in [0.717, 1.165) is 16.7 Å². The van der Waals surface area contributed by atoms with E-state index in [-0.39, 0.29) is 22.4 Å². The van der Waals surface area contributed by atoms with Crippen LogP contribution in [0.15, 0.2) is 48.1 Å². The molecule has 0 amide bonds. The Bertz CT molecular complexity index is 766. The van der Waals surface area contributed by atoms with Crippen LogP contribution in [0, 0.1) is 22.2 Å². The molecule has 2 nitrogen and oxygen atoms in total. The molecule has 0 aromatic heterocycles. The summed E-state index contributed by atoms with van der Waals surface area (Å²) in [5.74, 6) is -0.230. The van der Waals surface area contributed by atoms with Crippen molar-refractivity contribution in [2.45, 2.75) is 41.5 Å². The van der Waals surface area contributed by atoms with Crippen LogP contribution in [0.3, 0.4) is 0 Å². The van der Waals surface area contributed by atoms with Gasteiger partial charge >= 0.3 is 0 Å². The smallest absolute Gasteiger partial charge is 0.167 e. The molecule has 0 bridgehead atoms. The summed E-state index contributed by atoms with van der Waals surface area (Å²) >= 11 is 0. The minimum atomic E-state index is -0.766. The lowest BCUT2D eigenvalue weighted by Crippen LogP contribution is -2.43. The SMILES string of the molecule is CC(C)(C)C1=C[C@@]2(C(C)(C)C)C(=O)C=C(c3ccccc3)[C@H]2C1=O. The second-order valence-electron chi connectivity index (χ2n) is 9.05. The van der Waals surface area contributed by atoms with Crippen molar-refractivity contribution in [1.29, 1.82) is 0 Å². The lowest BCUT2D eigenvalue weighted by Gasteiger charge is -2.40. The van der Waals surface area contributed by atoms with Crippen LogP contribution in [0.25, 0.3) is 5.57 Å². The molecule has 0 spiro atoms. The molecule has 2 aliphatic rings. The van der Waals surface area contributed by atoms with E-state index >= 15 is 0 Å². The highest BCUT2D eigenvalue weighted by atomic mass is 16.1. The van der Waals surface area contributed by atoms with Crippen LogP contribution in [0.4, 0.5) is 0 Å². The van der Waals surface area contributed by atoms with Crippen molar-refractivity contribution < 1.29 is 9.59 Å². The quantitative estimate of drug-likeness (QED) is 0.740. The Kier molecular flexibility index (Phi) is 3.53. The molecule has 0 unspecified atom stereocenters. The number of carbonyl (C=O) groups is 2. The molecule has 0 radical (unpaired) electrons. The first kappa shape index (κ1) is 16.9. The number of hydrogen-bond acceptors (Lipinski definition) is 2. The van der Waals surface area contributed by atoms with Gasteiger partial charge in [-0.1, -0.05) is 78.0 Å². The summed E-state index contributed by atoms with van der Waals surface area (Å²) in [5, 5.41) is 0. The molecular weight excluding hydrogens is 296 g/mol. The molecule has 0 N–H and O–H groups in total. The van der Waals surface area contributed by atoms with Gasteiger partial charge in [-0.15, -0.1) is 0 Å². The van der Waals surface area contributed by atoms with Gasteiger partial charge in [-0.25, -0.2) is 0 Å². The number of benzene rings is 1. The maximum absolute atomic E-state index is 13.4. The van der Waals surface area contributed by atoms with Gasteiger partial charge < -0.3 is 0 Å². The van der Waals surface area contributed by atoms with Gasteiger partial charge in [0.1, 0.15) is 0 Å². The Hall–Kier alpha value is -1.96. The first-order valence-electron chi connectivity index (χ1n) is 8.59. The fourth-order valence-electron chi connectivity index (χ4n) is 4.17. The zero-order valence-corrected chi connectivity index (χ0v) is 15.4. The topological polar surface area (TPSA) is 34.1 Å². The molecule has 0 saturated carbocycles. The summed E-state index contributed by atoms with van der Waals surface area (Å²) < 4.78 is 0. The predicted octanol–water partition coefficient (Wildman–Crippen LogP) is 4.86. The average Bonchev–Trinajstić information content (AvgIpc) is 2.95. The van der Waals surface area contributed by atoms with E-state index in [4.69, 9.17) is 0 Å². The lowest BCUT2D eigenvalue weighted by molar-refractivity contribution is -0.132. The molecule has 2 atom stereocenters. The Morgan fingerprint density at radius 2 is 1.50 bits per heavy atom. The maximum atomic E-state index is 13.4. The van der Waals surface area contributed by atoms with E-state index in [1.54, 1.807) is 6.08 Å². The standard InChI is InChI=1S/C22H26O2/c1-20(2,3)16-13-22(21(4,5)6)17(23)12-15(18(22)19(16)24)14-10-8-7-9-11-14/h7-13,18H,1-6H3/t18-,22+/m0/s1. The molecule has 2 heteroatoms. The number of hydrogen-bond donors (Lipinski definition) is 0. The van der Waals surface area contributed by atoms with E-state index in [1.807, 2.05) is 57.2 Å². The molecule has 0 fully saturated rings. The van der Waals surface area contributed by atoms with Gasteiger partial charge in [-0.3, -0.25) is 9.59 Å². The van der Waals surface area contributed by atoms with Crippen molar-refractivity contribution in [3.8, 4) is 0 Å². The van der Waals surface area contributed by atoms with E-state index < -0.39 is 11.3 Å². The van der Waals surface area contributed by atoms with Gasteiger partial charge in [0.2, 0.25) is 0 Å². The van der Waals surface area contributed by atoms with Gasteiger partial charge in [-0.2, -0.15) is 0 Å². The van der Waals surface area contributed by atoms with Crippen LogP contribution >= 0.6 is 0 Å². The fraction of sp³-hybridized carbons (Fsp3) is 0.455. The third-order valence-corrected chi connectivity index (χ3v) is 5.52. The number of fused-ring (bicyclic) bond motifs is 1. The normalized spacial score (nSPS) is 27.2. The van der Waals surface area contributed by atoms with Gasteiger partial charge in [0, 0.05) is 0 Å². The number of allylic oxidation sites excluding steroid dienone is 4. The number of ketones is 2. The Morgan fingerprint density at radius 3 is 2.00 bits per heavy atom. The molecule has 1 aromatic carbocycles. The molecule has 24 heavy (non-hydrogen) atoms. The summed E-state index contributed by atoms with van der Waals surface area (Å²) in [7, 11) is 0. The largest absolute Gasteiger partial charge is 0.294 e. The number of rotatable bonds is 1. The zero-order valence-electron chi connectivity index (χ0n) is 15.4. The summed E-state index contributed by atoms with van der Waals surface area (Å²) in [5.41, 5.74) is 1.27. The third kappa shape index (κ3) is 2.16. The highest BCUT2D eigenvalue weighted by Gasteiger charge is 2.63. The van der Waals surface area contributed by atoms with E-state index in [9.17, 15) is 9.59 Å². The summed E-state index contributed by atoms with van der Waals surface area (Å²) in [6, 6.07) is 9.83. The van der Waals surface area contributed by atoms with Gasteiger partial charge in [-0.05, 0) is 33.6 Å². The van der Waals surface area contributed by atoms with Crippen molar-refractivity contribution in [1.82, 2.24) is 0 Å². The summed E-state index contributed by atoms with van der Waals surface area (Å²) in [4.78, 5) is 26.5. The highest BCUT2D eigenvalue weighted by Crippen LogP contribution is 2.61. The second-order valence-corrected chi connectivity index (χ2v) is 9.05. The molecule has 0 saturated heterocycles. The van der Waals surface area contributed by atoms with Crippen LogP contribution < -0.4 is 0 Å². The van der Waals surface area contributed by atoms with Gasteiger partial charge in [0.25, 0.3) is 0 Å². The molecule has 2 aliphatic carbocycles. The van der Waals surface area contributed by atoms with Crippen molar-refractivity contribution in [2.75, 3.05) is 0 Å². The molecule has 0 heterocycles.